The molecule has 6 heteroatoms. The van der Waals surface area contributed by atoms with Crippen molar-refractivity contribution in [2.45, 2.75) is 13.5 Å². The number of nitrogens with one attached hydrogen (secondary N) is 1. The SMILES string of the molecule is CCn1c2ccccc2c2cc(NP(=Nc3ccccc3)(c3ccc(Br)cc3)c3ccc(Br)cc3)ccc21. The second kappa shape index (κ2) is 10.6. The minimum absolute atomic E-state index is 0.925. The molecule has 0 spiro atoms. The molecule has 1 N–H and O–H groups in total. The lowest BCUT2D eigenvalue weighted by molar-refractivity contribution is 0.827. The van der Waals surface area contributed by atoms with E-state index in [9.17, 15) is 0 Å². The summed E-state index contributed by atoms with van der Waals surface area (Å²) in [7, 11) is -2.50. The Kier molecular flexibility index (Phi) is 7.01. The molecule has 0 aliphatic rings. The van der Waals surface area contributed by atoms with Gasteiger partial charge in [-0.1, -0.05) is 68.3 Å². The number of benzene rings is 5. The van der Waals surface area contributed by atoms with Gasteiger partial charge in [-0.2, -0.15) is 0 Å². The highest BCUT2D eigenvalue weighted by Crippen LogP contribution is 2.50. The highest BCUT2D eigenvalue weighted by molar-refractivity contribution is 9.10. The average Bonchev–Trinajstić information content (AvgIpc) is 3.27. The van der Waals surface area contributed by atoms with E-state index < -0.39 is 7.21 Å². The Hall–Kier alpha value is -3.11. The van der Waals surface area contributed by atoms with Crippen LogP contribution in [-0.4, -0.2) is 4.57 Å². The molecule has 6 rings (SSSR count). The zero-order valence-corrected chi connectivity index (χ0v) is 24.9. The second-order valence-electron chi connectivity index (χ2n) is 9.13. The summed E-state index contributed by atoms with van der Waals surface area (Å²) in [6, 6.07) is 42.8. The van der Waals surface area contributed by atoms with Gasteiger partial charge >= 0.3 is 0 Å². The smallest absolute Gasteiger partial charge is 0.115 e. The summed E-state index contributed by atoms with van der Waals surface area (Å²) in [5.74, 6) is 0. The zero-order chi connectivity index (χ0) is 26.1. The maximum absolute atomic E-state index is 5.51. The van der Waals surface area contributed by atoms with E-state index in [1.165, 1.54) is 21.8 Å². The topological polar surface area (TPSA) is 29.3 Å². The number of halogens is 2. The van der Waals surface area contributed by atoms with E-state index in [0.717, 1.165) is 37.5 Å². The lowest BCUT2D eigenvalue weighted by Gasteiger charge is -2.28. The molecule has 0 unspecified atom stereocenters. The fourth-order valence-electron chi connectivity index (χ4n) is 5.05. The van der Waals surface area contributed by atoms with Crippen molar-refractivity contribution in [3.05, 3.63) is 130 Å². The number of para-hydroxylation sites is 1. The predicted molar refractivity (Wildman–Crippen MR) is 172 cm³/mol. The van der Waals surface area contributed by atoms with E-state index >= 15 is 0 Å². The molecule has 0 fully saturated rings. The molecule has 0 saturated carbocycles. The number of hydrogen-bond donors (Lipinski definition) is 1. The maximum atomic E-state index is 5.51. The zero-order valence-electron chi connectivity index (χ0n) is 20.9. The van der Waals surface area contributed by atoms with E-state index in [2.05, 4.69) is 152 Å². The van der Waals surface area contributed by atoms with Gasteiger partial charge in [-0.05, 0) is 91.9 Å². The standard InChI is InChI=1S/C32H26Br2N3P/c1-2-37-31-11-7-6-10-29(31)30-22-26(16-21-32(30)37)36-38(27-17-12-23(33)13-18-27,28-19-14-24(34)15-20-28)35-25-8-4-3-5-9-25/h3-22,36H,2H2,1H3. The van der Waals surface area contributed by atoms with Crippen molar-refractivity contribution in [1.82, 2.24) is 4.57 Å². The Morgan fingerprint density at radius 1 is 0.658 bits per heavy atom. The highest BCUT2D eigenvalue weighted by Gasteiger charge is 2.26. The Labute approximate surface area is 239 Å². The first-order chi connectivity index (χ1) is 18.6. The minimum atomic E-state index is -2.50. The van der Waals surface area contributed by atoms with Crippen LogP contribution in [0.25, 0.3) is 21.8 Å². The van der Waals surface area contributed by atoms with Crippen LogP contribution in [-0.2, 0) is 6.54 Å². The molecular weight excluding hydrogens is 617 g/mol. The van der Waals surface area contributed by atoms with Gasteiger partial charge in [0.15, 0.2) is 0 Å². The molecule has 0 atom stereocenters. The summed E-state index contributed by atoms with van der Waals surface area (Å²) in [6.45, 7) is 3.13. The number of nitrogens with zero attached hydrogens (tertiary/aromatic N) is 2. The highest BCUT2D eigenvalue weighted by atomic mass is 79.9. The van der Waals surface area contributed by atoms with Crippen LogP contribution in [0.3, 0.4) is 0 Å². The molecule has 5 aromatic carbocycles. The Morgan fingerprint density at radius 2 is 1.24 bits per heavy atom. The number of hydrogen-bond acceptors (Lipinski definition) is 1. The molecule has 0 bridgehead atoms. The van der Waals surface area contributed by atoms with Crippen LogP contribution in [0, 0.1) is 0 Å². The average molecular weight is 643 g/mol. The Bertz CT molecular complexity index is 1740. The van der Waals surface area contributed by atoms with Crippen molar-refractivity contribution in [3.8, 4) is 0 Å². The van der Waals surface area contributed by atoms with E-state index in [1.54, 1.807) is 0 Å². The van der Waals surface area contributed by atoms with Crippen LogP contribution in [0.2, 0.25) is 0 Å². The van der Waals surface area contributed by atoms with Crippen LogP contribution in [0.15, 0.2) is 135 Å². The van der Waals surface area contributed by atoms with Crippen LogP contribution in [0.4, 0.5) is 11.4 Å². The molecule has 0 amide bonds. The second-order valence-corrected chi connectivity index (χ2v) is 13.7. The summed E-state index contributed by atoms with van der Waals surface area (Å²) in [4.78, 5) is 0. The van der Waals surface area contributed by atoms with Gasteiger partial charge in [-0.15, -0.1) is 0 Å². The van der Waals surface area contributed by atoms with E-state index in [-0.39, 0.29) is 0 Å². The van der Waals surface area contributed by atoms with Crippen molar-refractivity contribution in [2.75, 3.05) is 5.09 Å². The first-order valence-corrected chi connectivity index (χ1v) is 15.9. The van der Waals surface area contributed by atoms with Crippen molar-refractivity contribution in [3.63, 3.8) is 0 Å². The number of rotatable bonds is 6. The summed E-state index contributed by atoms with van der Waals surface area (Å²) >= 11 is 7.25. The third kappa shape index (κ3) is 4.64. The number of anilines is 1. The first kappa shape index (κ1) is 25.2. The Balaban J connectivity index is 1.62. The maximum Gasteiger partial charge on any atom is 0.115 e. The summed E-state index contributed by atoms with van der Waals surface area (Å²) in [5, 5.41) is 8.83. The molecule has 6 aromatic rings. The minimum Gasteiger partial charge on any atom is -0.345 e. The largest absolute Gasteiger partial charge is 0.345 e. The molecule has 3 nitrogen and oxygen atoms in total. The normalized spacial score (nSPS) is 11.7. The number of fused-ring (bicyclic) bond motifs is 3. The van der Waals surface area contributed by atoms with Gasteiger partial charge in [0.1, 0.15) is 7.21 Å². The van der Waals surface area contributed by atoms with Crippen molar-refractivity contribution in [1.29, 1.82) is 0 Å². The molecule has 188 valence electrons. The summed E-state index contributed by atoms with van der Waals surface area (Å²) in [5.41, 5.74) is 4.51. The fraction of sp³-hybridized carbons (Fsp3) is 0.0625. The lowest BCUT2D eigenvalue weighted by Crippen LogP contribution is -2.22. The molecule has 38 heavy (non-hydrogen) atoms. The van der Waals surface area contributed by atoms with Gasteiger partial charge < -0.3 is 9.65 Å². The lowest BCUT2D eigenvalue weighted by atomic mass is 10.1. The van der Waals surface area contributed by atoms with Crippen LogP contribution >= 0.6 is 39.1 Å². The van der Waals surface area contributed by atoms with E-state index in [1.807, 2.05) is 18.2 Å². The molecule has 0 aliphatic carbocycles. The quantitative estimate of drug-likeness (QED) is 0.180. The molecule has 0 aliphatic heterocycles. The summed E-state index contributed by atoms with van der Waals surface area (Å²) in [6.07, 6.45) is 0. The molecule has 0 radical (unpaired) electrons. The third-order valence-corrected chi connectivity index (χ3v) is 11.1. The van der Waals surface area contributed by atoms with E-state index in [4.69, 9.17) is 4.74 Å². The van der Waals surface area contributed by atoms with Gasteiger partial charge in [-0.3, -0.25) is 0 Å². The van der Waals surface area contributed by atoms with Gasteiger partial charge in [0.25, 0.3) is 0 Å². The van der Waals surface area contributed by atoms with Crippen LogP contribution < -0.4 is 15.7 Å². The fourth-order valence-corrected chi connectivity index (χ4v) is 8.57. The number of aromatic nitrogens is 1. The van der Waals surface area contributed by atoms with Crippen LogP contribution in [0.1, 0.15) is 6.92 Å². The van der Waals surface area contributed by atoms with Crippen molar-refractivity contribution >= 4 is 82.9 Å². The molecule has 0 saturated heterocycles. The van der Waals surface area contributed by atoms with E-state index in [0.29, 0.717) is 0 Å². The number of aryl methyl sites for hydroxylation is 1. The van der Waals surface area contributed by atoms with Gasteiger partial charge in [0, 0.05) is 53.6 Å². The first-order valence-electron chi connectivity index (χ1n) is 12.6. The third-order valence-electron chi connectivity index (χ3n) is 6.80. The van der Waals surface area contributed by atoms with Crippen LogP contribution in [0.5, 0.6) is 0 Å². The van der Waals surface area contributed by atoms with Crippen molar-refractivity contribution in [2.24, 2.45) is 4.74 Å². The molecule has 1 aromatic heterocycles. The molecular formula is C32H26Br2N3P. The van der Waals surface area contributed by atoms with Crippen molar-refractivity contribution < 1.29 is 0 Å². The predicted octanol–water partition coefficient (Wildman–Crippen LogP) is 9.85. The Morgan fingerprint density at radius 3 is 1.87 bits per heavy atom. The van der Waals surface area contributed by atoms with Gasteiger partial charge in [0.2, 0.25) is 0 Å². The molecule has 1 heterocycles. The monoisotopic (exact) mass is 641 g/mol. The summed E-state index contributed by atoms with van der Waals surface area (Å²) < 4.78 is 9.99. The van der Waals surface area contributed by atoms with Gasteiger partial charge in [0.05, 0.1) is 5.69 Å². The van der Waals surface area contributed by atoms with Gasteiger partial charge in [-0.25, -0.2) is 4.74 Å².